The van der Waals surface area contributed by atoms with Gasteiger partial charge in [-0.05, 0) is 32.2 Å². The largest absolute Gasteiger partial charge is 0.480 e. The number of carbonyl (C=O) groups excluding carboxylic acids is 1. The number of carboxylic acid groups (broad SMARTS) is 1. The van der Waals surface area contributed by atoms with E-state index >= 15 is 0 Å². The molecule has 0 heterocycles. The highest BCUT2D eigenvalue weighted by Gasteiger charge is 2.32. The minimum absolute atomic E-state index is 0.100. The van der Waals surface area contributed by atoms with E-state index in [1.165, 1.54) is 6.92 Å². The number of amides is 1. The molecule has 4 N–H and O–H groups in total. The molecule has 3 atom stereocenters. The van der Waals surface area contributed by atoms with Crippen LogP contribution in [0.25, 0.3) is 0 Å². The molecule has 86 valence electrons. The van der Waals surface area contributed by atoms with Crippen LogP contribution in [0, 0.1) is 11.8 Å². The van der Waals surface area contributed by atoms with Gasteiger partial charge in [0.25, 0.3) is 0 Å². The maximum absolute atomic E-state index is 11.7. The number of nitrogens with one attached hydrogen (secondary N) is 1. The van der Waals surface area contributed by atoms with Crippen molar-refractivity contribution in [2.75, 3.05) is 6.54 Å². The van der Waals surface area contributed by atoms with Crippen molar-refractivity contribution in [2.24, 2.45) is 17.6 Å². The summed E-state index contributed by atoms with van der Waals surface area (Å²) in [5.41, 5.74) is 5.56. The highest BCUT2D eigenvalue weighted by Crippen LogP contribution is 2.30. The molecule has 5 nitrogen and oxygen atoms in total. The average Bonchev–Trinajstić information content (AvgIpc) is 2.64. The van der Waals surface area contributed by atoms with Crippen molar-refractivity contribution in [3.05, 3.63) is 0 Å². The summed E-state index contributed by atoms with van der Waals surface area (Å²) in [4.78, 5) is 22.3. The van der Waals surface area contributed by atoms with Crippen molar-refractivity contribution >= 4 is 11.9 Å². The highest BCUT2D eigenvalue weighted by atomic mass is 16.4. The molecule has 0 aromatic heterocycles. The van der Waals surface area contributed by atoms with Crippen molar-refractivity contribution in [2.45, 2.75) is 32.2 Å². The zero-order chi connectivity index (χ0) is 11.4. The van der Waals surface area contributed by atoms with Gasteiger partial charge < -0.3 is 16.2 Å². The Kier molecular flexibility index (Phi) is 4.08. The third-order valence-electron chi connectivity index (χ3n) is 3.03. The van der Waals surface area contributed by atoms with E-state index in [-0.39, 0.29) is 17.7 Å². The zero-order valence-corrected chi connectivity index (χ0v) is 8.90. The molecule has 1 rings (SSSR count). The van der Waals surface area contributed by atoms with E-state index in [2.05, 4.69) is 5.32 Å². The van der Waals surface area contributed by atoms with Crippen molar-refractivity contribution in [1.29, 1.82) is 0 Å². The number of nitrogens with two attached hydrogens (primary N) is 1. The Hall–Kier alpha value is -1.10. The van der Waals surface area contributed by atoms with E-state index < -0.39 is 12.0 Å². The fraction of sp³-hybridized carbons (Fsp3) is 0.800. The monoisotopic (exact) mass is 214 g/mol. The van der Waals surface area contributed by atoms with E-state index in [4.69, 9.17) is 10.8 Å². The first kappa shape index (κ1) is 12.0. The minimum atomic E-state index is -1.01. The maximum atomic E-state index is 11.7. The van der Waals surface area contributed by atoms with Crippen LogP contribution in [0.15, 0.2) is 0 Å². The van der Waals surface area contributed by atoms with Crippen molar-refractivity contribution < 1.29 is 14.7 Å². The molecule has 0 aliphatic heterocycles. The molecule has 1 aliphatic carbocycles. The second-order valence-electron chi connectivity index (χ2n) is 4.10. The first-order valence-corrected chi connectivity index (χ1v) is 5.29. The lowest BCUT2D eigenvalue weighted by Crippen LogP contribution is -2.43. The lowest BCUT2D eigenvalue weighted by Gasteiger charge is -2.18. The van der Waals surface area contributed by atoms with Crippen LogP contribution in [0.2, 0.25) is 0 Å². The van der Waals surface area contributed by atoms with Gasteiger partial charge in [0.1, 0.15) is 6.04 Å². The molecule has 0 aromatic carbocycles. The molecule has 1 amide bonds. The fourth-order valence-electron chi connectivity index (χ4n) is 2.05. The van der Waals surface area contributed by atoms with Gasteiger partial charge in [-0.3, -0.25) is 9.59 Å². The van der Waals surface area contributed by atoms with E-state index in [0.29, 0.717) is 6.54 Å². The number of hydrogen-bond acceptors (Lipinski definition) is 3. The number of carbonyl (C=O) groups is 2. The lowest BCUT2D eigenvalue weighted by molar-refractivity contribution is -0.142. The van der Waals surface area contributed by atoms with Crippen LogP contribution in [0.1, 0.15) is 26.2 Å². The van der Waals surface area contributed by atoms with Gasteiger partial charge in [0, 0.05) is 5.92 Å². The summed E-state index contributed by atoms with van der Waals surface area (Å²) in [6.07, 6.45) is 2.79. The number of aliphatic carboxylic acids is 1. The Morgan fingerprint density at radius 1 is 1.53 bits per heavy atom. The Labute approximate surface area is 89.0 Å². The maximum Gasteiger partial charge on any atom is 0.325 e. The second kappa shape index (κ2) is 5.11. The van der Waals surface area contributed by atoms with E-state index in [0.717, 1.165) is 19.3 Å². The van der Waals surface area contributed by atoms with Crippen LogP contribution in [-0.2, 0) is 9.59 Å². The van der Waals surface area contributed by atoms with Gasteiger partial charge >= 0.3 is 5.97 Å². The molecule has 0 spiro atoms. The Bertz CT molecular complexity index is 255. The third kappa shape index (κ3) is 2.92. The van der Waals surface area contributed by atoms with E-state index in [1.807, 2.05) is 0 Å². The first-order chi connectivity index (χ1) is 7.06. The highest BCUT2D eigenvalue weighted by molar-refractivity contribution is 5.85. The van der Waals surface area contributed by atoms with Crippen molar-refractivity contribution in [1.82, 2.24) is 5.32 Å². The summed E-state index contributed by atoms with van der Waals surface area (Å²) in [7, 11) is 0. The molecule has 1 saturated carbocycles. The molecule has 0 bridgehead atoms. The predicted octanol–water partition coefficient (Wildman–Crippen LogP) is -0.0493. The molecule has 0 saturated heterocycles. The van der Waals surface area contributed by atoms with E-state index in [9.17, 15) is 9.59 Å². The molecular weight excluding hydrogens is 196 g/mol. The van der Waals surface area contributed by atoms with Crippen LogP contribution in [0.5, 0.6) is 0 Å². The van der Waals surface area contributed by atoms with E-state index in [1.54, 1.807) is 0 Å². The number of carboxylic acids is 1. The summed E-state index contributed by atoms with van der Waals surface area (Å²) < 4.78 is 0. The molecular formula is C10H18N2O3. The normalized spacial score (nSPS) is 27.3. The number of rotatable bonds is 4. The topological polar surface area (TPSA) is 92.4 Å². The second-order valence-corrected chi connectivity index (χ2v) is 4.10. The quantitative estimate of drug-likeness (QED) is 0.611. The molecule has 1 aliphatic rings. The SMILES string of the molecule is C[C@H](NC(=O)C1CCCC1CN)C(=O)O. The standard InChI is InChI=1S/C10H18N2O3/c1-6(10(14)15)12-9(13)8-4-2-3-7(8)5-11/h6-8H,2-5,11H2,1H3,(H,12,13)(H,14,15)/t6-,7?,8?/m0/s1. The summed E-state index contributed by atoms with van der Waals surface area (Å²) in [5, 5.41) is 11.1. The fourth-order valence-corrected chi connectivity index (χ4v) is 2.05. The van der Waals surface area contributed by atoms with Crippen molar-refractivity contribution in [3.8, 4) is 0 Å². The lowest BCUT2D eigenvalue weighted by atomic mass is 9.95. The molecule has 5 heteroatoms. The molecule has 0 radical (unpaired) electrons. The van der Waals surface area contributed by atoms with Gasteiger partial charge in [0.15, 0.2) is 0 Å². The molecule has 15 heavy (non-hydrogen) atoms. The van der Waals surface area contributed by atoms with Crippen LogP contribution >= 0.6 is 0 Å². The predicted molar refractivity (Wildman–Crippen MR) is 55.1 cm³/mol. The summed E-state index contributed by atoms with van der Waals surface area (Å²) in [6.45, 7) is 1.96. The van der Waals surface area contributed by atoms with Crippen molar-refractivity contribution in [3.63, 3.8) is 0 Å². The molecule has 1 fully saturated rings. The summed E-state index contributed by atoms with van der Waals surface area (Å²) in [6, 6.07) is -0.823. The summed E-state index contributed by atoms with van der Waals surface area (Å²) in [5.74, 6) is -1.06. The Balaban J connectivity index is 2.49. The molecule has 2 unspecified atom stereocenters. The first-order valence-electron chi connectivity index (χ1n) is 5.29. The summed E-state index contributed by atoms with van der Waals surface area (Å²) >= 11 is 0. The van der Waals surface area contributed by atoms with Crippen LogP contribution in [0.4, 0.5) is 0 Å². The molecule has 0 aromatic rings. The third-order valence-corrected chi connectivity index (χ3v) is 3.03. The van der Waals surface area contributed by atoms with Gasteiger partial charge in [-0.1, -0.05) is 6.42 Å². The Morgan fingerprint density at radius 2 is 2.20 bits per heavy atom. The van der Waals surface area contributed by atoms with Gasteiger partial charge in [-0.2, -0.15) is 0 Å². The smallest absolute Gasteiger partial charge is 0.325 e. The number of hydrogen-bond donors (Lipinski definition) is 3. The van der Waals surface area contributed by atoms with Gasteiger partial charge in [-0.25, -0.2) is 0 Å². The van der Waals surface area contributed by atoms with Crippen LogP contribution < -0.4 is 11.1 Å². The van der Waals surface area contributed by atoms with Gasteiger partial charge in [0.05, 0.1) is 0 Å². The van der Waals surface area contributed by atoms with Gasteiger partial charge in [0.2, 0.25) is 5.91 Å². The van der Waals surface area contributed by atoms with Crippen LogP contribution in [-0.4, -0.2) is 29.6 Å². The van der Waals surface area contributed by atoms with Gasteiger partial charge in [-0.15, -0.1) is 0 Å². The van der Waals surface area contributed by atoms with Crippen LogP contribution in [0.3, 0.4) is 0 Å². The minimum Gasteiger partial charge on any atom is -0.480 e. The Morgan fingerprint density at radius 3 is 2.73 bits per heavy atom. The average molecular weight is 214 g/mol. The zero-order valence-electron chi connectivity index (χ0n) is 8.90.